The third-order valence-electron chi connectivity index (χ3n) is 5.73. The van der Waals surface area contributed by atoms with Gasteiger partial charge in [-0.2, -0.15) is 0 Å². The summed E-state index contributed by atoms with van der Waals surface area (Å²) in [4.78, 5) is 0. The van der Waals surface area contributed by atoms with E-state index in [0.717, 1.165) is 51.0 Å². The second kappa shape index (κ2) is 5.06. The lowest BCUT2D eigenvalue weighted by molar-refractivity contribution is -0.0746. The van der Waals surface area contributed by atoms with E-state index in [1.165, 1.54) is 12.8 Å². The van der Waals surface area contributed by atoms with Crippen molar-refractivity contribution in [1.82, 2.24) is 5.32 Å². The molecule has 0 amide bonds. The third kappa shape index (κ3) is 2.51. The molecular weight excluding hydrogens is 265 g/mol. The van der Waals surface area contributed by atoms with Crippen molar-refractivity contribution in [3.8, 4) is 0 Å². The monoisotopic (exact) mass is 289 g/mol. The fourth-order valence-electron chi connectivity index (χ4n) is 4.47. The minimum Gasteiger partial charge on any atom is -0.381 e. The van der Waals surface area contributed by atoms with Crippen LogP contribution in [0, 0.1) is 11.2 Å². The van der Waals surface area contributed by atoms with E-state index in [1.54, 1.807) is 12.1 Å². The molecule has 1 spiro atoms. The Balaban J connectivity index is 1.57. The van der Waals surface area contributed by atoms with Crippen molar-refractivity contribution in [3.05, 3.63) is 35.6 Å². The summed E-state index contributed by atoms with van der Waals surface area (Å²) < 4.78 is 19.9. The Labute approximate surface area is 126 Å². The van der Waals surface area contributed by atoms with E-state index in [4.69, 9.17) is 4.74 Å². The molecule has 1 aromatic carbocycles. The number of halogens is 1. The van der Waals surface area contributed by atoms with Crippen molar-refractivity contribution in [2.75, 3.05) is 19.8 Å². The lowest BCUT2D eigenvalue weighted by Crippen LogP contribution is -2.57. The zero-order valence-corrected chi connectivity index (χ0v) is 12.5. The quantitative estimate of drug-likeness (QED) is 0.917. The van der Waals surface area contributed by atoms with Crippen LogP contribution in [0.15, 0.2) is 24.3 Å². The molecule has 2 nitrogen and oxygen atoms in total. The van der Waals surface area contributed by atoms with E-state index in [-0.39, 0.29) is 11.2 Å². The van der Waals surface area contributed by atoms with Crippen molar-refractivity contribution in [3.63, 3.8) is 0 Å². The number of hydrogen-bond acceptors (Lipinski definition) is 2. The maximum Gasteiger partial charge on any atom is 0.127 e. The molecule has 1 N–H and O–H groups in total. The van der Waals surface area contributed by atoms with E-state index in [1.807, 2.05) is 12.1 Å². The van der Waals surface area contributed by atoms with E-state index < -0.39 is 0 Å². The average molecular weight is 289 g/mol. The Hall–Kier alpha value is -0.930. The summed E-state index contributed by atoms with van der Waals surface area (Å²) in [5, 5.41) is 3.65. The van der Waals surface area contributed by atoms with Crippen LogP contribution in [0.1, 0.15) is 44.1 Å². The molecule has 1 saturated heterocycles. The molecule has 3 fully saturated rings. The molecule has 21 heavy (non-hydrogen) atoms. The molecule has 2 saturated carbocycles. The molecule has 0 radical (unpaired) electrons. The van der Waals surface area contributed by atoms with Crippen molar-refractivity contribution in [2.24, 2.45) is 5.41 Å². The zero-order valence-electron chi connectivity index (χ0n) is 12.5. The SMILES string of the molecule is Fc1ccccc1C1(CNC2CC2)CC2(CCOCC2)C1. The predicted molar refractivity (Wildman–Crippen MR) is 80.8 cm³/mol. The highest BCUT2D eigenvalue weighted by molar-refractivity contribution is 5.33. The molecule has 4 rings (SSSR count). The summed E-state index contributed by atoms with van der Waals surface area (Å²) >= 11 is 0. The molecule has 1 heterocycles. The van der Waals surface area contributed by atoms with Crippen LogP contribution >= 0.6 is 0 Å². The zero-order chi connectivity index (χ0) is 14.3. The van der Waals surface area contributed by atoms with Crippen LogP contribution < -0.4 is 5.32 Å². The Morgan fingerprint density at radius 2 is 1.86 bits per heavy atom. The predicted octanol–water partition coefficient (Wildman–Crippen LogP) is 3.41. The molecule has 114 valence electrons. The minimum absolute atomic E-state index is 0.00523. The van der Waals surface area contributed by atoms with Crippen LogP contribution in [-0.2, 0) is 10.2 Å². The topological polar surface area (TPSA) is 21.3 Å². The van der Waals surface area contributed by atoms with Gasteiger partial charge in [-0.25, -0.2) is 4.39 Å². The average Bonchev–Trinajstić information content (AvgIpc) is 3.28. The first-order valence-corrected chi connectivity index (χ1v) is 8.28. The molecule has 0 atom stereocenters. The van der Waals surface area contributed by atoms with Gasteiger partial charge >= 0.3 is 0 Å². The number of hydrogen-bond donors (Lipinski definition) is 1. The lowest BCUT2D eigenvalue weighted by atomic mass is 9.48. The fraction of sp³-hybridized carbons (Fsp3) is 0.667. The second-order valence-electron chi connectivity index (χ2n) is 7.38. The van der Waals surface area contributed by atoms with Gasteiger partial charge in [0, 0.05) is 31.2 Å². The van der Waals surface area contributed by atoms with Gasteiger partial charge in [0.25, 0.3) is 0 Å². The minimum atomic E-state index is -0.0305. The first-order valence-electron chi connectivity index (χ1n) is 8.28. The highest BCUT2D eigenvalue weighted by atomic mass is 19.1. The molecule has 1 aliphatic heterocycles. The second-order valence-corrected chi connectivity index (χ2v) is 7.38. The van der Waals surface area contributed by atoms with Crippen LogP contribution in [0.2, 0.25) is 0 Å². The van der Waals surface area contributed by atoms with Crippen molar-refractivity contribution >= 4 is 0 Å². The van der Waals surface area contributed by atoms with Crippen molar-refractivity contribution in [1.29, 1.82) is 0 Å². The van der Waals surface area contributed by atoms with Crippen molar-refractivity contribution < 1.29 is 9.13 Å². The summed E-state index contributed by atoms with van der Waals surface area (Å²) in [6, 6.07) is 8.06. The van der Waals surface area contributed by atoms with Gasteiger partial charge in [0.2, 0.25) is 0 Å². The Kier molecular flexibility index (Phi) is 3.31. The molecule has 1 aromatic rings. The molecule has 2 aliphatic carbocycles. The maximum atomic E-state index is 14.3. The first-order chi connectivity index (χ1) is 10.2. The summed E-state index contributed by atoms with van der Waals surface area (Å²) in [7, 11) is 0. The largest absolute Gasteiger partial charge is 0.381 e. The summed E-state index contributed by atoms with van der Waals surface area (Å²) in [6.07, 6.45) is 7.09. The number of ether oxygens (including phenoxy) is 1. The van der Waals surface area contributed by atoms with Gasteiger partial charge in [0.05, 0.1) is 0 Å². The standard InChI is InChI=1S/C18H24FNO/c19-16-4-2-1-3-15(16)18(13-20-14-5-6-14)11-17(12-18)7-9-21-10-8-17/h1-4,14,20H,5-13H2. The highest BCUT2D eigenvalue weighted by Crippen LogP contribution is 2.60. The third-order valence-corrected chi connectivity index (χ3v) is 5.73. The van der Waals surface area contributed by atoms with Gasteiger partial charge in [-0.05, 0) is 55.6 Å². The van der Waals surface area contributed by atoms with E-state index >= 15 is 0 Å². The number of nitrogens with one attached hydrogen (secondary N) is 1. The number of benzene rings is 1. The molecule has 0 bridgehead atoms. The lowest BCUT2D eigenvalue weighted by Gasteiger charge is -2.58. The van der Waals surface area contributed by atoms with Gasteiger partial charge in [-0.1, -0.05) is 18.2 Å². The van der Waals surface area contributed by atoms with E-state index in [0.29, 0.717) is 11.5 Å². The van der Waals surface area contributed by atoms with Gasteiger partial charge in [-0.15, -0.1) is 0 Å². The summed E-state index contributed by atoms with van der Waals surface area (Å²) in [5.74, 6) is -0.0305. The molecule has 3 heteroatoms. The Morgan fingerprint density at radius 3 is 2.52 bits per heavy atom. The van der Waals surface area contributed by atoms with E-state index in [9.17, 15) is 4.39 Å². The fourth-order valence-corrected chi connectivity index (χ4v) is 4.47. The maximum absolute atomic E-state index is 14.3. The Bertz CT molecular complexity index is 512. The molecular formula is C18H24FNO. The van der Waals surface area contributed by atoms with Crippen LogP contribution in [0.4, 0.5) is 4.39 Å². The molecule has 0 aromatic heterocycles. The van der Waals surface area contributed by atoms with Crippen LogP contribution in [0.5, 0.6) is 0 Å². The van der Waals surface area contributed by atoms with E-state index in [2.05, 4.69) is 5.32 Å². The molecule has 0 unspecified atom stereocenters. The number of rotatable bonds is 4. The summed E-state index contributed by atoms with van der Waals surface area (Å²) in [6.45, 7) is 2.69. The summed E-state index contributed by atoms with van der Waals surface area (Å²) in [5.41, 5.74) is 1.34. The van der Waals surface area contributed by atoms with Crippen LogP contribution in [0.25, 0.3) is 0 Å². The van der Waals surface area contributed by atoms with Crippen LogP contribution in [-0.4, -0.2) is 25.8 Å². The van der Waals surface area contributed by atoms with Gasteiger partial charge in [-0.3, -0.25) is 0 Å². The van der Waals surface area contributed by atoms with Gasteiger partial charge < -0.3 is 10.1 Å². The van der Waals surface area contributed by atoms with Crippen molar-refractivity contribution in [2.45, 2.75) is 50.0 Å². The van der Waals surface area contributed by atoms with Gasteiger partial charge in [0.15, 0.2) is 0 Å². The highest BCUT2D eigenvalue weighted by Gasteiger charge is 2.56. The normalized spacial score (nSPS) is 26.5. The molecule has 3 aliphatic rings. The smallest absolute Gasteiger partial charge is 0.127 e. The Morgan fingerprint density at radius 1 is 1.14 bits per heavy atom. The first kappa shape index (κ1) is 13.7. The van der Waals surface area contributed by atoms with Crippen LogP contribution in [0.3, 0.4) is 0 Å². The van der Waals surface area contributed by atoms with Gasteiger partial charge in [0.1, 0.15) is 5.82 Å².